The van der Waals surface area contributed by atoms with E-state index in [1.807, 2.05) is 91.1 Å². The maximum absolute atomic E-state index is 11.9. The van der Waals surface area contributed by atoms with Crippen LogP contribution in [0.25, 0.3) is 10.9 Å². The van der Waals surface area contributed by atoms with E-state index in [0.29, 0.717) is 6.42 Å². The zero-order valence-electron chi connectivity index (χ0n) is 14.7. The Kier molecular flexibility index (Phi) is 4.38. The first-order valence-corrected chi connectivity index (χ1v) is 8.86. The van der Waals surface area contributed by atoms with E-state index in [9.17, 15) is 9.90 Å². The molecular weight excluding hydrogens is 336 g/mol. The fourth-order valence-electron chi connectivity index (χ4n) is 3.77. The molecule has 0 aliphatic heterocycles. The lowest BCUT2D eigenvalue weighted by atomic mass is 9.78. The summed E-state index contributed by atoms with van der Waals surface area (Å²) in [5.41, 5.74) is 2.94. The molecule has 0 radical (unpaired) electrons. The summed E-state index contributed by atoms with van der Waals surface area (Å²) >= 11 is 0. The molecule has 1 aromatic heterocycles. The Morgan fingerprint density at radius 1 is 0.889 bits per heavy atom. The molecule has 0 aliphatic rings. The molecule has 4 heteroatoms. The molecule has 1 heterocycles. The number of nitrogens with one attached hydrogen (secondary N) is 2. The van der Waals surface area contributed by atoms with Gasteiger partial charge in [-0.25, -0.2) is 4.79 Å². The molecule has 4 aromatic rings. The number of hydrogen-bond donors (Lipinski definition) is 3. The van der Waals surface area contributed by atoms with E-state index in [1.54, 1.807) is 0 Å². The molecular formula is C23H20N2O2. The van der Waals surface area contributed by atoms with Crippen LogP contribution >= 0.6 is 0 Å². The lowest BCUT2D eigenvalue weighted by Gasteiger charge is -2.35. The van der Waals surface area contributed by atoms with Gasteiger partial charge in [-0.3, -0.25) is 0 Å². The molecule has 134 valence electrons. The van der Waals surface area contributed by atoms with Crippen LogP contribution in [0.1, 0.15) is 16.7 Å². The Hall–Kier alpha value is -3.53. The van der Waals surface area contributed by atoms with Gasteiger partial charge in [0.15, 0.2) is 0 Å². The molecule has 0 fully saturated rings. The van der Waals surface area contributed by atoms with E-state index in [4.69, 9.17) is 0 Å². The molecule has 1 unspecified atom stereocenters. The summed E-state index contributed by atoms with van der Waals surface area (Å²) in [5.74, 6) is 0. The average molecular weight is 356 g/mol. The summed E-state index contributed by atoms with van der Waals surface area (Å²) in [6.07, 6.45) is 1.36. The zero-order chi connectivity index (χ0) is 18.7. The van der Waals surface area contributed by atoms with Crippen LogP contribution in [-0.2, 0) is 12.0 Å². The molecule has 1 atom stereocenters. The number of carbonyl (C=O) groups is 1. The highest BCUT2D eigenvalue weighted by atomic mass is 16.4. The second kappa shape index (κ2) is 7.00. The quantitative estimate of drug-likeness (QED) is 0.475. The monoisotopic (exact) mass is 356 g/mol. The van der Waals surface area contributed by atoms with E-state index >= 15 is 0 Å². The molecule has 4 rings (SSSR count). The SMILES string of the molecule is O=C(O)NC(Cc1ccccc1)(c1ccccc1)c1c[nH]c2ccccc12. The van der Waals surface area contributed by atoms with Crippen molar-refractivity contribution in [3.05, 3.63) is 108 Å². The van der Waals surface area contributed by atoms with Crippen molar-refractivity contribution in [3.8, 4) is 0 Å². The molecule has 0 saturated carbocycles. The summed E-state index contributed by atoms with van der Waals surface area (Å²) in [4.78, 5) is 15.2. The van der Waals surface area contributed by atoms with E-state index in [0.717, 1.165) is 27.6 Å². The normalized spacial score (nSPS) is 13.2. The van der Waals surface area contributed by atoms with Crippen LogP contribution in [-0.4, -0.2) is 16.2 Å². The van der Waals surface area contributed by atoms with Gasteiger partial charge in [-0.05, 0) is 17.2 Å². The summed E-state index contributed by atoms with van der Waals surface area (Å²) in [5, 5.41) is 13.6. The Morgan fingerprint density at radius 3 is 2.22 bits per heavy atom. The minimum absolute atomic E-state index is 0.506. The van der Waals surface area contributed by atoms with E-state index < -0.39 is 11.6 Å². The standard InChI is InChI=1S/C23H20N2O2/c26-22(27)25-23(18-11-5-2-6-12-18,15-17-9-3-1-4-10-17)20-16-24-21-14-8-7-13-19(20)21/h1-14,16,24-25H,15H2,(H,26,27). The van der Waals surface area contributed by atoms with Crippen molar-refractivity contribution in [2.45, 2.75) is 12.0 Å². The average Bonchev–Trinajstić information content (AvgIpc) is 3.13. The predicted molar refractivity (Wildman–Crippen MR) is 107 cm³/mol. The molecule has 3 N–H and O–H groups in total. The highest BCUT2D eigenvalue weighted by Gasteiger charge is 2.38. The van der Waals surface area contributed by atoms with Gasteiger partial charge < -0.3 is 15.4 Å². The molecule has 0 bridgehead atoms. The number of amides is 1. The minimum atomic E-state index is -1.06. The van der Waals surface area contributed by atoms with Crippen LogP contribution in [0.4, 0.5) is 4.79 Å². The number of fused-ring (bicyclic) bond motifs is 1. The van der Waals surface area contributed by atoms with Crippen molar-refractivity contribution >= 4 is 17.0 Å². The number of aromatic amines is 1. The summed E-state index contributed by atoms with van der Waals surface area (Å²) in [6, 6.07) is 27.7. The predicted octanol–water partition coefficient (Wildman–Crippen LogP) is 4.92. The van der Waals surface area contributed by atoms with Gasteiger partial charge in [-0.2, -0.15) is 0 Å². The largest absolute Gasteiger partial charge is 0.465 e. The minimum Gasteiger partial charge on any atom is -0.465 e. The van der Waals surface area contributed by atoms with Crippen molar-refractivity contribution in [2.24, 2.45) is 0 Å². The molecule has 3 aromatic carbocycles. The van der Waals surface area contributed by atoms with Crippen LogP contribution in [0.5, 0.6) is 0 Å². The van der Waals surface area contributed by atoms with Gasteiger partial charge in [0, 0.05) is 29.1 Å². The van der Waals surface area contributed by atoms with Gasteiger partial charge in [0.05, 0.1) is 5.54 Å². The lowest BCUT2D eigenvalue weighted by molar-refractivity contribution is 0.182. The Balaban J connectivity index is 1.98. The lowest BCUT2D eigenvalue weighted by Crippen LogP contribution is -2.48. The van der Waals surface area contributed by atoms with E-state index in [1.165, 1.54) is 0 Å². The number of hydrogen-bond acceptors (Lipinski definition) is 1. The van der Waals surface area contributed by atoms with Crippen LogP contribution < -0.4 is 5.32 Å². The van der Waals surface area contributed by atoms with Crippen LogP contribution in [0.3, 0.4) is 0 Å². The van der Waals surface area contributed by atoms with Gasteiger partial charge in [0.1, 0.15) is 0 Å². The number of H-pyrrole nitrogens is 1. The van der Waals surface area contributed by atoms with Gasteiger partial charge in [0.25, 0.3) is 0 Å². The van der Waals surface area contributed by atoms with E-state index in [-0.39, 0.29) is 0 Å². The number of benzene rings is 3. The van der Waals surface area contributed by atoms with Gasteiger partial charge in [-0.1, -0.05) is 78.9 Å². The fourth-order valence-corrected chi connectivity index (χ4v) is 3.77. The molecule has 27 heavy (non-hydrogen) atoms. The summed E-state index contributed by atoms with van der Waals surface area (Å²) in [6.45, 7) is 0. The van der Waals surface area contributed by atoms with E-state index in [2.05, 4.69) is 10.3 Å². The first kappa shape index (κ1) is 16.9. The third kappa shape index (κ3) is 3.17. The molecule has 0 spiro atoms. The second-order valence-corrected chi connectivity index (χ2v) is 6.61. The first-order chi connectivity index (χ1) is 13.2. The van der Waals surface area contributed by atoms with Crippen molar-refractivity contribution < 1.29 is 9.90 Å². The Morgan fingerprint density at radius 2 is 1.52 bits per heavy atom. The number of carboxylic acid groups (broad SMARTS) is 1. The topological polar surface area (TPSA) is 65.1 Å². The van der Waals surface area contributed by atoms with Crippen molar-refractivity contribution in [1.29, 1.82) is 0 Å². The second-order valence-electron chi connectivity index (χ2n) is 6.61. The van der Waals surface area contributed by atoms with Crippen molar-refractivity contribution in [1.82, 2.24) is 10.3 Å². The summed E-state index contributed by atoms with van der Waals surface area (Å²) < 4.78 is 0. The van der Waals surface area contributed by atoms with Gasteiger partial charge in [-0.15, -0.1) is 0 Å². The molecule has 4 nitrogen and oxygen atoms in total. The van der Waals surface area contributed by atoms with Crippen LogP contribution in [0.15, 0.2) is 91.1 Å². The van der Waals surface area contributed by atoms with Crippen molar-refractivity contribution in [3.63, 3.8) is 0 Å². The smallest absolute Gasteiger partial charge is 0.405 e. The number of aromatic nitrogens is 1. The number of rotatable bonds is 5. The van der Waals surface area contributed by atoms with Gasteiger partial charge >= 0.3 is 6.09 Å². The first-order valence-electron chi connectivity index (χ1n) is 8.86. The maximum Gasteiger partial charge on any atom is 0.405 e. The third-order valence-electron chi connectivity index (χ3n) is 4.95. The number of para-hydroxylation sites is 1. The maximum atomic E-state index is 11.9. The van der Waals surface area contributed by atoms with Crippen LogP contribution in [0.2, 0.25) is 0 Å². The highest BCUT2D eigenvalue weighted by Crippen LogP contribution is 2.37. The fraction of sp³-hybridized carbons (Fsp3) is 0.0870. The summed E-state index contributed by atoms with van der Waals surface area (Å²) in [7, 11) is 0. The molecule has 1 amide bonds. The highest BCUT2D eigenvalue weighted by molar-refractivity contribution is 5.86. The Labute approximate surface area is 157 Å². The van der Waals surface area contributed by atoms with Crippen LogP contribution in [0, 0.1) is 0 Å². The van der Waals surface area contributed by atoms with Crippen molar-refractivity contribution in [2.75, 3.05) is 0 Å². The Bertz CT molecular complexity index is 1060. The molecule has 0 saturated heterocycles. The zero-order valence-corrected chi connectivity index (χ0v) is 14.7. The third-order valence-corrected chi connectivity index (χ3v) is 4.95. The molecule has 0 aliphatic carbocycles. The van der Waals surface area contributed by atoms with Gasteiger partial charge in [0.2, 0.25) is 0 Å².